The second-order valence-corrected chi connectivity index (χ2v) is 9.87. The summed E-state index contributed by atoms with van der Waals surface area (Å²) in [5, 5.41) is 6.08. The van der Waals surface area contributed by atoms with Crippen molar-refractivity contribution in [2.24, 2.45) is 0 Å². The summed E-state index contributed by atoms with van der Waals surface area (Å²) in [6.07, 6.45) is -2.84. The van der Waals surface area contributed by atoms with Gasteiger partial charge in [-0.25, -0.2) is 4.52 Å². The molecule has 1 amide bonds. The summed E-state index contributed by atoms with van der Waals surface area (Å²) < 4.78 is 84.1. The molecule has 0 bridgehead atoms. The Labute approximate surface area is 247 Å². The molecule has 0 unspecified atom stereocenters. The van der Waals surface area contributed by atoms with Gasteiger partial charge in [0.05, 0.1) is 11.1 Å². The van der Waals surface area contributed by atoms with Crippen LogP contribution in [0.3, 0.4) is 0 Å². The Balaban J connectivity index is 1.41. The van der Waals surface area contributed by atoms with Crippen LogP contribution in [0.15, 0.2) is 73.3 Å². The molecule has 3 N–H and O–H groups in total. The maximum Gasteiger partial charge on any atom is 0.434 e. The van der Waals surface area contributed by atoms with Crippen LogP contribution in [0.1, 0.15) is 43.9 Å². The molecule has 44 heavy (non-hydrogen) atoms. The predicted octanol–water partition coefficient (Wildman–Crippen LogP) is 6.00. The number of aromatic nitrogens is 3. The summed E-state index contributed by atoms with van der Waals surface area (Å²) >= 11 is 0. The number of anilines is 2. The van der Waals surface area contributed by atoms with Gasteiger partial charge in [0.1, 0.15) is 0 Å². The van der Waals surface area contributed by atoms with Crippen molar-refractivity contribution in [3.05, 3.63) is 112 Å². The van der Waals surface area contributed by atoms with Crippen LogP contribution >= 0.6 is 0 Å². The summed E-state index contributed by atoms with van der Waals surface area (Å²) in [6, 6.07) is 10.3. The summed E-state index contributed by atoms with van der Waals surface area (Å²) in [5.74, 6) is 4.08. The standard InChI is InChI=1S/C30H23F6N7O/c1-18-3-4-21(15-20(18)6-5-19-8-10-25-39-28(37)40-43(25)26(19)30(34,35)36)27(44)38-23-9-7-22(24(16-23)29(31,32)33)17-42-13-11-41(2)12-14-42/h3-4,7-16H,17H2,1-2H3,(H2,37,40)(H,38,44). The average molecular weight is 612 g/mol. The van der Waals surface area contributed by atoms with Crippen molar-refractivity contribution in [3.8, 4) is 11.8 Å². The third kappa shape index (κ3) is 6.46. The number of carbonyl (C=O) groups is 1. The number of carbonyl (C=O) groups excluding carboxylic acids is 1. The number of nitrogens with zero attached hydrogens (tertiary/aromatic N) is 5. The molecule has 8 nitrogen and oxygen atoms in total. The zero-order valence-corrected chi connectivity index (χ0v) is 23.1. The van der Waals surface area contributed by atoms with Crippen molar-refractivity contribution >= 4 is 23.2 Å². The van der Waals surface area contributed by atoms with Crippen LogP contribution in [0, 0.1) is 18.8 Å². The number of aryl methyl sites for hydroxylation is 1. The SMILES string of the molecule is Cc1ccc(C(=O)Nc2ccc(CN3C=CN(C)C=C3)c(C(F)(F)F)c2)cc1C#Cc1ccc2nc(N)nn2c1C(F)(F)F. The number of hydrogen-bond donors (Lipinski definition) is 2. The molecular weight excluding hydrogens is 588 g/mol. The fourth-order valence-electron chi connectivity index (χ4n) is 4.41. The molecule has 4 aromatic rings. The van der Waals surface area contributed by atoms with E-state index < -0.39 is 35.1 Å². The van der Waals surface area contributed by atoms with Gasteiger partial charge in [-0.1, -0.05) is 24.0 Å². The minimum atomic E-state index is -4.83. The molecule has 14 heteroatoms. The van der Waals surface area contributed by atoms with Crippen LogP contribution in [-0.2, 0) is 18.9 Å². The van der Waals surface area contributed by atoms with Crippen molar-refractivity contribution in [1.29, 1.82) is 0 Å². The van der Waals surface area contributed by atoms with E-state index >= 15 is 0 Å². The predicted molar refractivity (Wildman–Crippen MR) is 151 cm³/mol. The van der Waals surface area contributed by atoms with Gasteiger partial charge in [0.25, 0.3) is 5.91 Å². The van der Waals surface area contributed by atoms with Gasteiger partial charge in [-0.15, -0.1) is 5.10 Å². The largest absolute Gasteiger partial charge is 0.434 e. The lowest BCUT2D eigenvalue weighted by Crippen LogP contribution is -2.20. The Bertz CT molecular complexity index is 1860. The molecular formula is C30H23F6N7O. The zero-order chi connectivity index (χ0) is 31.8. The Morgan fingerprint density at radius 3 is 2.30 bits per heavy atom. The molecule has 226 valence electrons. The van der Waals surface area contributed by atoms with Crippen molar-refractivity contribution in [3.63, 3.8) is 0 Å². The Morgan fingerprint density at radius 2 is 1.61 bits per heavy atom. The smallest absolute Gasteiger partial charge is 0.366 e. The lowest BCUT2D eigenvalue weighted by Gasteiger charge is -2.24. The van der Waals surface area contributed by atoms with Gasteiger partial charge in [0, 0.05) is 55.2 Å². The van der Waals surface area contributed by atoms with Crippen LogP contribution in [-0.4, -0.2) is 37.4 Å². The van der Waals surface area contributed by atoms with Gasteiger partial charge in [-0.05, 0) is 54.4 Å². The zero-order valence-electron chi connectivity index (χ0n) is 23.1. The monoisotopic (exact) mass is 611 g/mol. The Kier molecular flexibility index (Phi) is 7.73. The Morgan fingerprint density at radius 1 is 0.909 bits per heavy atom. The van der Waals surface area contributed by atoms with Gasteiger partial charge < -0.3 is 20.9 Å². The van der Waals surface area contributed by atoms with Crippen molar-refractivity contribution in [1.82, 2.24) is 24.4 Å². The first-order chi connectivity index (χ1) is 20.7. The van der Waals surface area contributed by atoms with Crippen LogP contribution < -0.4 is 11.1 Å². The fraction of sp³-hybridized carbons (Fsp3) is 0.167. The summed E-state index contributed by atoms with van der Waals surface area (Å²) in [7, 11) is 1.78. The number of hydrogen-bond acceptors (Lipinski definition) is 6. The summed E-state index contributed by atoms with van der Waals surface area (Å²) in [6.45, 7) is 1.61. The molecule has 1 aliphatic heterocycles. The Hall–Kier alpha value is -5.45. The number of alkyl halides is 6. The minimum absolute atomic E-state index is 0.00671. The number of halogens is 6. The van der Waals surface area contributed by atoms with E-state index in [-0.39, 0.29) is 40.5 Å². The van der Waals surface area contributed by atoms with Crippen LogP contribution in [0.25, 0.3) is 5.65 Å². The number of nitrogen functional groups attached to an aromatic ring is 1. The number of pyridine rings is 1. The number of rotatable bonds is 4. The number of fused-ring (bicyclic) bond motifs is 1. The molecule has 1 aliphatic rings. The van der Waals surface area contributed by atoms with Crippen molar-refractivity contribution in [2.75, 3.05) is 18.1 Å². The molecule has 2 aromatic heterocycles. The average Bonchev–Trinajstić information content (AvgIpc) is 3.33. The van der Waals surface area contributed by atoms with Gasteiger partial charge >= 0.3 is 12.4 Å². The summed E-state index contributed by atoms with van der Waals surface area (Å²) in [5.41, 5.74) is 3.66. The normalized spacial score (nSPS) is 13.3. The van der Waals surface area contributed by atoms with Crippen LogP contribution in [0.5, 0.6) is 0 Å². The molecule has 0 fully saturated rings. The highest BCUT2D eigenvalue weighted by Gasteiger charge is 2.37. The van der Waals surface area contributed by atoms with Crippen molar-refractivity contribution in [2.45, 2.75) is 25.8 Å². The third-order valence-electron chi connectivity index (χ3n) is 6.63. The van der Waals surface area contributed by atoms with E-state index in [0.29, 0.717) is 10.1 Å². The molecule has 0 radical (unpaired) electrons. The third-order valence-corrected chi connectivity index (χ3v) is 6.63. The molecule has 0 atom stereocenters. The second kappa shape index (κ2) is 11.3. The van der Waals surface area contributed by atoms with Crippen LogP contribution in [0.4, 0.5) is 38.0 Å². The van der Waals surface area contributed by atoms with Gasteiger partial charge in [-0.2, -0.15) is 31.3 Å². The molecule has 0 spiro atoms. The van der Waals surface area contributed by atoms with Gasteiger partial charge in [0.2, 0.25) is 5.95 Å². The topological polar surface area (TPSA) is 91.8 Å². The first kappa shape index (κ1) is 30.0. The first-order valence-corrected chi connectivity index (χ1v) is 12.9. The van der Waals surface area contributed by atoms with E-state index in [1.807, 2.05) is 0 Å². The summed E-state index contributed by atoms with van der Waals surface area (Å²) in [4.78, 5) is 20.1. The van der Waals surface area contributed by atoms with Crippen LogP contribution in [0.2, 0.25) is 0 Å². The number of nitrogens with one attached hydrogen (secondary N) is 1. The fourth-order valence-corrected chi connectivity index (χ4v) is 4.41. The van der Waals surface area contributed by atoms with Crippen molar-refractivity contribution < 1.29 is 31.1 Å². The lowest BCUT2D eigenvalue weighted by atomic mass is 10.0. The lowest BCUT2D eigenvalue weighted by molar-refractivity contribution is -0.142. The van der Waals surface area contributed by atoms with Gasteiger partial charge in [0.15, 0.2) is 11.3 Å². The highest BCUT2D eigenvalue weighted by molar-refractivity contribution is 6.04. The van der Waals surface area contributed by atoms with E-state index in [1.54, 1.807) is 48.6 Å². The number of amides is 1. The number of nitrogens with two attached hydrogens (primary N) is 1. The highest BCUT2D eigenvalue weighted by atomic mass is 19.4. The van der Waals surface area contributed by atoms with E-state index in [0.717, 1.165) is 12.1 Å². The molecule has 2 aromatic carbocycles. The molecule has 3 heterocycles. The molecule has 5 rings (SSSR count). The van der Waals surface area contributed by atoms with E-state index in [4.69, 9.17) is 5.73 Å². The van der Waals surface area contributed by atoms with Gasteiger partial charge in [-0.3, -0.25) is 4.79 Å². The van der Waals surface area contributed by atoms with E-state index in [9.17, 15) is 31.1 Å². The second-order valence-electron chi connectivity index (χ2n) is 9.87. The highest BCUT2D eigenvalue weighted by Crippen LogP contribution is 2.35. The van der Waals surface area contributed by atoms with E-state index in [1.165, 1.54) is 36.4 Å². The quantitative estimate of drug-likeness (QED) is 0.217. The molecule has 0 saturated heterocycles. The van der Waals surface area contributed by atoms with E-state index in [2.05, 4.69) is 27.2 Å². The number of benzene rings is 2. The maximum atomic E-state index is 13.9. The first-order valence-electron chi connectivity index (χ1n) is 12.9. The molecule has 0 saturated carbocycles. The molecule has 0 aliphatic carbocycles. The minimum Gasteiger partial charge on any atom is -0.366 e. The maximum absolute atomic E-state index is 13.9.